The standard InChI is InChI=1S/C15H22BrNO/c1-3-8-17-11(2)14-7-6-13(9-15(14)16)18-10-12-4-5-12/h6-7,9,11-12,17H,3-5,8,10H2,1-2H3. The number of hydrogen-bond acceptors (Lipinski definition) is 2. The minimum Gasteiger partial charge on any atom is -0.493 e. The van der Waals surface area contributed by atoms with Crippen molar-refractivity contribution in [2.45, 2.75) is 39.2 Å². The third-order valence-corrected chi connectivity index (χ3v) is 4.01. The Morgan fingerprint density at radius 1 is 1.44 bits per heavy atom. The number of benzene rings is 1. The average molecular weight is 312 g/mol. The molecule has 1 atom stereocenters. The first kappa shape index (κ1) is 13.9. The molecule has 18 heavy (non-hydrogen) atoms. The molecular weight excluding hydrogens is 290 g/mol. The summed E-state index contributed by atoms with van der Waals surface area (Å²) in [5.41, 5.74) is 1.29. The fourth-order valence-corrected chi connectivity index (χ4v) is 2.62. The lowest BCUT2D eigenvalue weighted by Crippen LogP contribution is -2.19. The van der Waals surface area contributed by atoms with Crippen molar-refractivity contribution in [3.8, 4) is 5.75 Å². The first-order valence-electron chi connectivity index (χ1n) is 6.86. The van der Waals surface area contributed by atoms with Gasteiger partial charge in [-0.3, -0.25) is 0 Å². The van der Waals surface area contributed by atoms with Gasteiger partial charge in [-0.15, -0.1) is 0 Å². The van der Waals surface area contributed by atoms with Gasteiger partial charge in [0, 0.05) is 10.5 Å². The Balaban J connectivity index is 1.94. The van der Waals surface area contributed by atoms with E-state index >= 15 is 0 Å². The van der Waals surface area contributed by atoms with Crippen molar-refractivity contribution in [1.29, 1.82) is 0 Å². The average Bonchev–Trinajstić information content (AvgIpc) is 3.17. The molecule has 2 rings (SSSR count). The Morgan fingerprint density at radius 2 is 2.22 bits per heavy atom. The first-order chi connectivity index (χ1) is 8.70. The SMILES string of the molecule is CCCNC(C)c1ccc(OCC2CC2)cc1Br. The maximum atomic E-state index is 5.78. The summed E-state index contributed by atoms with van der Waals surface area (Å²) in [6.45, 7) is 6.30. The second-order valence-corrected chi connectivity index (χ2v) is 5.97. The van der Waals surface area contributed by atoms with E-state index in [4.69, 9.17) is 4.74 Å². The molecule has 0 spiro atoms. The van der Waals surface area contributed by atoms with Gasteiger partial charge in [0.25, 0.3) is 0 Å². The van der Waals surface area contributed by atoms with Crippen LogP contribution in [0.1, 0.15) is 44.7 Å². The predicted molar refractivity (Wildman–Crippen MR) is 79.1 cm³/mol. The van der Waals surface area contributed by atoms with Gasteiger partial charge in [0.15, 0.2) is 0 Å². The van der Waals surface area contributed by atoms with Crippen LogP contribution in [0.15, 0.2) is 22.7 Å². The molecule has 3 heteroatoms. The van der Waals surface area contributed by atoms with Crippen LogP contribution < -0.4 is 10.1 Å². The van der Waals surface area contributed by atoms with E-state index in [9.17, 15) is 0 Å². The molecule has 1 saturated carbocycles. The number of nitrogens with one attached hydrogen (secondary N) is 1. The van der Waals surface area contributed by atoms with Crippen molar-refractivity contribution >= 4 is 15.9 Å². The summed E-state index contributed by atoms with van der Waals surface area (Å²) in [6.07, 6.45) is 3.82. The summed E-state index contributed by atoms with van der Waals surface area (Å²) >= 11 is 3.64. The van der Waals surface area contributed by atoms with Gasteiger partial charge in [-0.05, 0) is 56.3 Å². The molecule has 100 valence electrons. The molecule has 1 N–H and O–H groups in total. The van der Waals surface area contributed by atoms with Gasteiger partial charge < -0.3 is 10.1 Å². The maximum absolute atomic E-state index is 5.78. The zero-order chi connectivity index (χ0) is 13.0. The summed E-state index contributed by atoms with van der Waals surface area (Å²) in [6, 6.07) is 6.69. The molecule has 0 saturated heterocycles. The van der Waals surface area contributed by atoms with Crippen molar-refractivity contribution in [3.05, 3.63) is 28.2 Å². The van der Waals surface area contributed by atoms with Crippen LogP contribution in [0.5, 0.6) is 5.75 Å². The van der Waals surface area contributed by atoms with Gasteiger partial charge in [0.1, 0.15) is 5.75 Å². The van der Waals surface area contributed by atoms with Gasteiger partial charge in [-0.25, -0.2) is 0 Å². The van der Waals surface area contributed by atoms with Crippen molar-refractivity contribution in [2.24, 2.45) is 5.92 Å². The third-order valence-electron chi connectivity index (χ3n) is 3.32. The lowest BCUT2D eigenvalue weighted by atomic mass is 10.1. The summed E-state index contributed by atoms with van der Waals surface area (Å²) in [4.78, 5) is 0. The van der Waals surface area contributed by atoms with Crippen LogP contribution in [-0.4, -0.2) is 13.2 Å². The third kappa shape index (κ3) is 3.99. The molecule has 1 unspecified atom stereocenters. The monoisotopic (exact) mass is 311 g/mol. The summed E-state index contributed by atoms with van der Waals surface area (Å²) in [5, 5.41) is 3.50. The highest BCUT2D eigenvalue weighted by molar-refractivity contribution is 9.10. The highest BCUT2D eigenvalue weighted by atomic mass is 79.9. The zero-order valence-electron chi connectivity index (χ0n) is 11.2. The zero-order valence-corrected chi connectivity index (χ0v) is 12.8. The van der Waals surface area contributed by atoms with E-state index in [1.807, 2.05) is 0 Å². The van der Waals surface area contributed by atoms with Crippen molar-refractivity contribution < 1.29 is 4.74 Å². The lowest BCUT2D eigenvalue weighted by molar-refractivity contribution is 0.299. The summed E-state index contributed by atoms with van der Waals surface area (Å²) in [5.74, 6) is 1.77. The molecule has 0 aliphatic heterocycles. The molecule has 0 amide bonds. The molecule has 1 aliphatic rings. The van der Waals surface area contributed by atoms with Crippen LogP contribution in [0.2, 0.25) is 0 Å². The van der Waals surface area contributed by atoms with Crippen LogP contribution in [0.4, 0.5) is 0 Å². The van der Waals surface area contributed by atoms with E-state index < -0.39 is 0 Å². The molecule has 1 fully saturated rings. The number of hydrogen-bond donors (Lipinski definition) is 1. The second-order valence-electron chi connectivity index (χ2n) is 5.11. The van der Waals surface area contributed by atoms with Crippen LogP contribution in [0.3, 0.4) is 0 Å². The highest BCUT2D eigenvalue weighted by Crippen LogP contribution is 2.31. The van der Waals surface area contributed by atoms with Gasteiger partial charge in [0.2, 0.25) is 0 Å². The van der Waals surface area contributed by atoms with E-state index in [-0.39, 0.29) is 0 Å². The molecule has 1 aromatic rings. The molecule has 1 aromatic carbocycles. The Hall–Kier alpha value is -0.540. The van der Waals surface area contributed by atoms with E-state index in [0.29, 0.717) is 6.04 Å². The van der Waals surface area contributed by atoms with Gasteiger partial charge in [-0.2, -0.15) is 0 Å². The van der Waals surface area contributed by atoms with Gasteiger partial charge >= 0.3 is 0 Å². The number of halogens is 1. The maximum Gasteiger partial charge on any atom is 0.120 e. The quantitative estimate of drug-likeness (QED) is 0.810. The molecule has 0 heterocycles. The van der Waals surface area contributed by atoms with Crippen molar-refractivity contribution in [1.82, 2.24) is 5.32 Å². The van der Waals surface area contributed by atoms with E-state index in [1.54, 1.807) is 0 Å². The fourth-order valence-electron chi connectivity index (χ4n) is 1.92. The topological polar surface area (TPSA) is 21.3 Å². The highest BCUT2D eigenvalue weighted by Gasteiger charge is 2.22. The van der Waals surface area contributed by atoms with Crippen molar-refractivity contribution in [3.63, 3.8) is 0 Å². The van der Waals surface area contributed by atoms with Gasteiger partial charge in [0.05, 0.1) is 6.61 Å². The molecule has 2 nitrogen and oxygen atoms in total. The predicted octanol–water partition coefficient (Wildman–Crippen LogP) is 4.30. The van der Waals surface area contributed by atoms with Crippen LogP contribution in [-0.2, 0) is 0 Å². The Labute approximate surface area is 118 Å². The largest absolute Gasteiger partial charge is 0.493 e. The fraction of sp³-hybridized carbons (Fsp3) is 0.600. The van der Waals surface area contributed by atoms with Crippen LogP contribution in [0.25, 0.3) is 0 Å². The lowest BCUT2D eigenvalue weighted by Gasteiger charge is -2.16. The van der Waals surface area contributed by atoms with E-state index in [0.717, 1.165) is 35.7 Å². The molecule has 0 aromatic heterocycles. The number of rotatable bonds is 7. The van der Waals surface area contributed by atoms with E-state index in [1.165, 1.54) is 18.4 Å². The Bertz CT molecular complexity index is 390. The normalized spacial score (nSPS) is 16.6. The first-order valence-corrected chi connectivity index (χ1v) is 7.65. The number of ether oxygens (including phenoxy) is 1. The van der Waals surface area contributed by atoms with Crippen molar-refractivity contribution in [2.75, 3.05) is 13.2 Å². The summed E-state index contributed by atoms with van der Waals surface area (Å²) in [7, 11) is 0. The van der Waals surface area contributed by atoms with Gasteiger partial charge in [-0.1, -0.05) is 28.9 Å². The van der Waals surface area contributed by atoms with E-state index in [2.05, 4.69) is 53.3 Å². The minimum atomic E-state index is 0.372. The van der Waals surface area contributed by atoms with Crippen LogP contribution in [0, 0.1) is 5.92 Å². The minimum absolute atomic E-state index is 0.372. The van der Waals surface area contributed by atoms with Crippen LogP contribution >= 0.6 is 15.9 Å². The Morgan fingerprint density at radius 3 is 2.83 bits per heavy atom. The smallest absolute Gasteiger partial charge is 0.120 e. The molecule has 1 aliphatic carbocycles. The molecule has 0 radical (unpaired) electrons. The molecule has 0 bridgehead atoms. The Kier molecular flexibility index (Phi) is 5.07. The second kappa shape index (κ2) is 6.58. The summed E-state index contributed by atoms with van der Waals surface area (Å²) < 4.78 is 6.91. The molecular formula is C15H22BrNO.